The average Bonchev–Trinajstić information content (AvgIpc) is 2.96. The van der Waals surface area contributed by atoms with E-state index in [1.807, 2.05) is 4.90 Å². The first-order chi connectivity index (χ1) is 21.2. The van der Waals surface area contributed by atoms with Gasteiger partial charge < -0.3 is 58.7 Å². The summed E-state index contributed by atoms with van der Waals surface area (Å²) in [5.74, 6) is -3.70. The van der Waals surface area contributed by atoms with Crippen molar-refractivity contribution in [2.75, 3.05) is 47.9 Å². The van der Waals surface area contributed by atoms with Crippen LogP contribution in [0.25, 0.3) is 0 Å². The third-order valence-corrected chi connectivity index (χ3v) is 6.58. The SMILES string of the molecule is CN1c2c(nc(N)[nH]c2=O)NCC1CNc1ccc(C(=O)N[C@@H](CCC(=O)O)C(=O)O)cc1.N=C(N)NCCC[C@H](N)C(=O)O. The Morgan fingerprint density at radius 2 is 1.80 bits per heavy atom. The van der Waals surface area contributed by atoms with Crippen LogP contribution in [0.15, 0.2) is 29.1 Å². The van der Waals surface area contributed by atoms with Crippen LogP contribution in [0.5, 0.6) is 0 Å². The molecule has 15 N–H and O–H groups in total. The fourth-order valence-corrected chi connectivity index (χ4v) is 4.09. The van der Waals surface area contributed by atoms with E-state index in [1.54, 1.807) is 19.2 Å². The minimum atomic E-state index is -1.30. The molecule has 0 saturated carbocycles. The number of carbonyl (C=O) groups excluding carboxylic acids is 1. The Hall–Kier alpha value is -5.59. The Bertz CT molecular complexity index is 1420. The summed E-state index contributed by atoms with van der Waals surface area (Å²) >= 11 is 0. The number of rotatable bonds is 14. The van der Waals surface area contributed by atoms with Crippen molar-refractivity contribution >= 4 is 52.9 Å². The number of anilines is 4. The molecule has 19 nitrogen and oxygen atoms in total. The molecule has 2 heterocycles. The molecule has 1 aliphatic rings. The number of likely N-dealkylation sites (N-methyl/N-ethyl adjacent to an activating group) is 1. The van der Waals surface area contributed by atoms with Gasteiger partial charge in [-0.3, -0.25) is 29.6 Å². The summed E-state index contributed by atoms with van der Waals surface area (Å²) in [6.07, 6.45) is 0.389. The number of H-pyrrole nitrogens is 1. The van der Waals surface area contributed by atoms with Crippen LogP contribution in [-0.2, 0) is 14.4 Å². The summed E-state index contributed by atoms with van der Waals surface area (Å²) in [5, 5.41) is 44.3. The standard InChI is InChI=1S/C20H25N7O6.C6H14N4O2/c1-27-12(9-23-16-15(27)18(31)26-20(21)25-16)8-22-11-4-2-10(3-5-11)17(30)24-13(19(32)33)6-7-14(28)29;7-4(5(11)12)2-1-3-10-6(8)9/h2-5,12-13,22H,6-9H2,1H3,(H,24,30)(H,28,29)(H,32,33)(H4,21,23,25,26,31);4H,1-3,7H2,(H,11,12)(H4,8,9,10)/t12?,13-;4-/m00/s1. The maximum Gasteiger partial charge on any atom is 0.326 e. The largest absolute Gasteiger partial charge is 0.481 e. The number of amides is 1. The van der Waals surface area contributed by atoms with Crippen molar-refractivity contribution in [2.45, 2.75) is 43.8 Å². The molecule has 0 bridgehead atoms. The third-order valence-electron chi connectivity index (χ3n) is 6.58. The van der Waals surface area contributed by atoms with Gasteiger partial charge in [-0.25, -0.2) is 4.79 Å². The molecule has 19 heteroatoms. The Morgan fingerprint density at radius 3 is 2.38 bits per heavy atom. The van der Waals surface area contributed by atoms with Gasteiger partial charge in [-0.2, -0.15) is 4.98 Å². The van der Waals surface area contributed by atoms with E-state index in [0.717, 1.165) is 5.69 Å². The van der Waals surface area contributed by atoms with Crippen molar-refractivity contribution in [1.29, 1.82) is 5.41 Å². The molecule has 3 rings (SSSR count). The maximum atomic E-state index is 12.3. The molecular weight excluding hydrogens is 594 g/mol. The minimum Gasteiger partial charge on any atom is -0.481 e. The van der Waals surface area contributed by atoms with Crippen LogP contribution in [0, 0.1) is 5.41 Å². The summed E-state index contributed by atoms with van der Waals surface area (Å²) in [7, 11) is 1.79. The lowest BCUT2D eigenvalue weighted by molar-refractivity contribution is -0.141. The summed E-state index contributed by atoms with van der Waals surface area (Å²) in [6.45, 7) is 1.49. The highest BCUT2D eigenvalue weighted by atomic mass is 16.4. The fourth-order valence-electron chi connectivity index (χ4n) is 4.09. The Labute approximate surface area is 257 Å². The molecule has 246 valence electrons. The normalized spacial score (nSPS) is 14.7. The number of carboxylic acids is 3. The fraction of sp³-hybridized carbons (Fsp3) is 0.423. The minimum absolute atomic E-state index is 0.0388. The van der Waals surface area contributed by atoms with Crippen molar-refractivity contribution in [2.24, 2.45) is 11.5 Å². The van der Waals surface area contributed by atoms with Gasteiger partial charge in [-0.15, -0.1) is 0 Å². The first-order valence-corrected chi connectivity index (χ1v) is 13.7. The number of carbonyl (C=O) groups is 4. The zero-order valence-electron chi connectivity index (χ0n) is 24.5. The van der Waals surface area contributed by atoms with E-state index >= 15 is 0 Å². The van der Waals surface area contributed by atoms with Gasteiger partial charge in [0.15, 0.2) is 11.8 Å². The number of benzene rings is 1. The lowest BCUT2D eigenvalue weighted by atomic mass is 10.1. The Morgan fingerprint density at radius 1 is 1.13 bits per heavy atom. The quantitative estimate of drug-likeness (QED) is 0.0633. The Balaban J connectivity index is 0.000000498. The zero-order chi connectivity index (χ0) is 33.7. The highest BCUT2D eigenvalue weighted by Crippen LogP contribution is 2.25. The number of fused-ring (bicyclic) bond motifs is 1. The molecule has 0 saturated heterocycles. The van der Waals surface area contributed by atoms with Gasteiger partial charge in [0.2, 0.25) is 5.95 Å². The molecule has 0 spiro atoms. The number of guanidine groups is 1. The van der Waals surface area contributed by atoms with Crippen molar-refractivity contribution < 1.29 is 34.5 Å². The van der Waals surface area contributed by atoms with E-state index in [2.05, 4.69) is 31.2 Å². The number of hydrogen-bond donors (Lipinski definition) is 12. The van der Waals surface area contributed by atoms with Crippen molar-refractivity contribution in [3.63, 3.8) is 0 Å². The van der Waals surface area contributed by atoms with Crippen LogP contribution in [0.2, 0.25) is 0 Å². The van der Waals surface area contributed by atoms with Crippen molar-refractivity contribution in [3.8, 4) is 0 Å². The third kappa shape index (κ3) is 11.5. The second kappa shape index (κ2) is 16.9. The smallest absolute Gasteiger partial charge is 0.326 e. The van der Waals surface area contributed by atoms with Crippen LogP contribution in [0.1, 0.15) is 36.0 Å². The molecule has 0 radical (unpaired) electrons. The highest BCUT2D eigenvalue weighted by Gasteiger charge is 2.27. The van der Waals surface area contributed by atoms with Crippen molar-refractivity contribution in [1.82, 2.24) is 20.6 Å². The van der Waals surface area contributed by atoms with E-state index in [1.165, 1.54) is 12.1 Å². The molecule has 1 unspecified atom stereocenters. The first kappa shape index (κ1) is 35.6. The Kier molecular flexibility index (Phi) is 13.4. The van der Waals surface area contributed by atoms with E-state index in [9.17, 15) is 29.1 Å². The predicted octanol–water partition coefficient (Wildman–Crippen LogP) is -1.60. The number of nitrogens with zero attached hydrogens (tertiary/aromatic N) is 2. The number of hydrogen-bond acceptors (Lipinski definition) is 12. The molecule has 1 aliphatic heterocycles. The predicted molar refractivity (Wildman–Crippen MR) is 165 cm³/mol. The van der Waals surface area contributed by atoms with E-state index < -0.39 is 35.9 Å². The maximum absolute atomic E-state index is 12.3. The van der Waals surface area contributed by atoms with Gasteiger partial charge in [0.25, 0.3) is 11.5 Å². The zero-order valence-corrected chi connectivity index (χ0v) is 24.5. The van der Waals surface area contributed by atoms with Gasteiger partial charge in [0.05, 0.1) is 6.04 Å². The molecule has 45 heavy (non-hydrogen) atoms. The first-order valence-electron chi connectivity index (χ1n) is 13.7. The number of nitrogens with two attached hydrogens (primary N) is 3. The number of nitrogens with one attached hydrogen (secondary N) is 6. The van der Waals surface area contributed by atoms with Gasteiger partial charge in [-0.1, -0.05) is 0 Å². The number of carboxylic acid groups (broad SMARTS) is 3. The lowest BCUT2D eigenvalue weighted by Crippen LogP contribution is -2.48. The summed E-state index contributed by atoms with van der Waals surface area (Å²) < 4.78 is 0. The second-order valence-corrected chi connectivity index (χ2v) is 9.98. The topological polar surface area (TPSA) is 328 Å². The van der Waals surface area contributed by atoms with Gasteiger partial charge in [0, 0.05) is 44.4 Å². The van der Waals surface area contributed by atoms with Crippen LogP contribution < -0.4 is 48.9 Å². The monoisotopic (exact) mass is 633 g/mol. The van der Waals surface area contributed by atoms with Crippen LogP contribution in [-0.4, -0.2) is 99.9 Å². The molecule has 2 aromatic rings. The molecule has 1 aromatic heterocycles. The molecule has 1 aromatic carbocycles. The highest BCUT2D eigenvalue weighted by molar-refractivity contribution is 5.97. The van der Waals surface area contributed by atoms with E-state index in [0.29, 0.717) is 44.0 Å². The van der Waals surface area contributed by atoms with Gasteiger partial charge in [-0.05, 0) is 43.5 Å². The molecule has 3 atom stereocenters. The van der Waals surface area contributed by atoms with E-state index in [-0.39, 0.29) is 41.9 Å². The van der Waals surface area contributed by atoms with Gasteiger partial charge in [0.1, 0.15) is 17.8 Å². The number of aromatic amines is 1. The molecule has 1 amide bonds. The van der Waals surface area contributed by atoms with E-state index in [4.69, 9.17) is 32.8 Å². The van der Waals surface area contributed by atoms with Crippen LogP contribution >= 0.6 is 0 Å². The molecule has 0 aliphatic carbocycles. The molecular formula is C26H39N11O8. The second-order valence-electron chi connectivity index (χ2n) is 9.98. The van der Waals surface area contributed by atoms with Crippen LogP contribution in [0.4, 0.5) is 23.1 Å². The summed E-state index contributed by atoms with van der Waals surface area (Å²) in [6, 6.07) is 4.21. The summed E-state index contributed by atoms with van der Waals surface area (Å²) in [4.78, 5) is 65.1. The number of aliphatic carboxylic acids is 3. The number of aromatic nitrogens is 2. The number of nitrogen functional groups attached to an aromatic ring is 1. The lowest BCUT2D eigenvalue weighted by Gasteiger charge is -2.35. The summed E-state index contributed by atoms with van der Waals surface area (Å²) in [5.41, 5.74) is 16.8. The average molecular weight is 634 g/mol. The van der Waals surface area contributed by atoms with Gasteiger partial charge >= 0.3 is 17.9 Å². The molecule has 0 fully saturated rings. The van der Waals surface area contributed by atoms with Crippen LogP contribution in [0.3, 0.4) is 0 Å². The van der Waals surface area contributed by atoms with Crippen molar-refractivity contribution in [3.05, 3.63) is 40.2 Å².